The number of rotatable bonds is 0. The Morgan fingerprint density at radius 3 is 0.500 bits per heavy atom. The van der Waals surface area contributed by atoms with E-state index in [1.165, 1.54) is 0 Å². The molecule has 0 aromatic carbocycles. The van der Waals surface area contributed by atoms with Crippen molar-refractivity contribution in [2.45, 2.75) is 0 Å². The fourth-order valence-corrected chi connectivity index (χ4v) is 0. The summed E-state index contributed by atoms with van der Waals surface area (Å²) in [5, 5.41) is 0. The summed E-state index contributed by atoms with van der Waals surface area (Å²) in [6.07, 6.45) is 0. The van der Waals surface area contributed by atoms with Gasteiger partial charge < -0.3 is 21.9 Å². The van der Waals surface area contributed by atoms with Gasteiger partial charge in [-0.15, -0.1) is 0 Å². The van der Waals surface area contributed by atoms with Crippen molar-refractivity contribution in [1.29, 1.82) is 0 Å². The average molecular weight is 261 g/mol. The molecule has 0 aliphatic heterocycles. The topological polar surface area (TPSA) is 120 Å². The van der Waals surface area contributed by atoms with Gasteiger partial charge in [0.2, 0.25) is 0 Å². The molecule has 38 valence electrons. The Hall–Kier alpha value is 1.93. The van der Waals surface area contributed by atoms with Gasteiger partial charge in [0.15, 0.2) is 0 Å². The van der Waals surface area contributed by atoms with Gasteiger partial charge in [-0.1, -0.05) is 0 Å². The molecule has 0 saturated heterocycles. The largest absolute Gasteiger partial charge is 2.00 e. The Labute approximate surface area is 86.5 Å². The van der Waals surface area contributed by atoms with E-state index in [1.807, 2.05) is 0 Å². The van der Waals surface area contributed by atoms with Crippen LogP contribution in [-0.4, -0.2) is 70.8 Å². The second-order valence-corrected chi connectivity index (χ2v) is 0. The third-order valence-corrected chi connectivity index (χ3v) is 0. The molecule has 0 fully saturated rings. The maximum absolute atomic E-state index is 0. The third-order valence-electron chi connectivity index (χ3n) is 0. The van der Waals surface area contributed by atoms with Crippen LogP contribution in [0.3, 0.4) is 0 Å². The molecule has 0 atom stereocenters. The Kier molecular flexibility index (Phi) is 1110. The maximum atomic E-state index is 0. The van der Waals surface area contributed by atoms with Gasteiger partial charge in [0, 0.05) is 0 Å². The summed E-state index contributed by atoms with van der Waals surface area (Å²) in [5.74, 6) is 0. The molecule has 0 aliphatic rings. The van der Waals surface area contributed by atoms with Crippen LogP contribution in [-0.2, 0) is 17.1 Å². The summed E-state index contributed by atoms with van der Waals surface area (Å²) >= 11 is 0. The Morgan fingerprint density at radius 1 is 0.500 bits per heavy atom. The van der Waals surface area contributed by atoms with E-state index in [0.717, 1.165) is 0 Å². The van der Waals surface area contributed by atoms with Gasteiger partial charge >= 0.3 is 65.9 Å². The molecular formula is H4BaFeO4. The molecule has 0 spiro atoms. The summed E-state index contributed by atoms with van der Waals surface area (Å²) in [6, 6.07) is 0. The maximum Gasteiger partial charge on any atom is 2.00 e. The van der Waals surface area contributed by atoms with Crippen LogP contribution in [0.2, 0.25) is 0 Å². The first-order valence-electron chi connectivity index (χ1n) is 0. The zero-order valence-electron chi connectivity index (χ0n) is 2.85. The zero-order chi connectivity index (χ0) is 0. The van der Waals surface area contributed by atoms with Crippen LogP contribution < -0.4 is 0 Å². The Balaban J connectivity index is 0. The second kappa shape index (κ2) is 65.4. The third kappa shape index (κ3) is 38.7. The van der Waals surface area contributed by atoms with Crippen molar-refractivity contribution in [1.82, 2.24) is 0 Å². The van der Waals surface area contributed by atoms with Crippen LogP contribution >= 0.6 is 0 Å². The summed E-state index contributed by atoms with van der Waals surface area (Å²) in [5.41, 5.74) is 0. The molecule has 0 heterocycles. The van der Waals surface area contributed by atoms with Gasteiger partial charge in [-0.2, -0.15) is 0 Å². The Morgan fingerprint density at radius 2 is 0.500 bits per heavy atom. The first-order valence-corrected chi connectivity index (χ1v) is 0. The van der Waals surface area contributed by atoms with Gasteiger partial charge in [0.25, 0.3) is 0 Å². The van der Waals surface area contributed by atoms with E-state index >= 15 is 0 Å². The van der Waals surface area contributed by atoms with Crippen molar-refractivity contribution in [3.63, 3.8) is 0 Å². The van der Waals surface area contributed by atoms with Crippen LogP contribution in [0.15, 0.2) is 0 Å². The molecule has 0 bridgehead atoms. The van der Waals surface area contributed by atoms with Gasteiger partial charge in [0.05, 0.1) is 0 Å². The van der Waals surface area contributed by atoms with Crippen LogP contribution in [0.1, 0.15) is 0 Å². The van der Waals surface area contributed by atoms with Crippen LogP contribution in [0.5, 0.6) is 0 Å². The molecule has 6 heteroatoms. The molecule has 0 saturated carbocycles. The molecular weight excluding hydrogens is 257 g/mol. The van der Waals surface area contributed by atoms with Crippen molar-refractivity contribution in [2.75, 3.05) is 0 Å². The molecule has 0 amide bonds. The van der Waals surface area contributed by atoms with Crippen molar-refractivity contribution in [3.8, 4) is 0 Å². The number of hydrogen-bond acceptors (Lipinski definition) is 4. The van der Waals surface area contributed by atoms with E-state index in [0.29, 0.717) is 0 Å². The van der Waals surface area contributed by atoms with Crippen molar-refractivity contribution >= 4 is 48.9 Å². The summed E-state index contributed by atoms with van der Waals surface area (Å²) in [4.78, 5) is 0. The van der Waals surface area contributed by atoms with Crippen molar-refractivity contribution in [2.24, 2.45) is 0 Å². The molecule has 0 radical (unpaired) electrons. The molecule has 4 N–H and O–H groups in total. The summed E-state index contributed by atoms with van der Waals surface area (Å²) in [7, 11) is 0. The predicted molar refractivity (Wildman–Crippen MR) is 13.5 cm³/mol. The van der Waals surface area contributed by atoms with Gasteiger partial charge in [0.1, 0.15) is 0 Å². The van der Waals surface area contributed by atoms with Gasteiger partial charge in [-0.25, -0.2) is 0 Å². The zero-order valence-corrected chi connectivity index (χ0v) is 8.39. The molecule has 0 aromatic rings. The minimum Gasteiger partial charge on any atom is -0.870 e. The molecule has 0 aromatic heterocycles. The molecule has 0 aliphatic carbocycles. The molecule has 4 nitrogen and oxygen atoms in total. The first kappa shape index (κ1) is 102. The van der Waals surface area contributed by atoms with E-state index in [4.69, 9.17) is 0 Å². The van der Waals surface area contributed by atoms with E-state index in [-0.39, 0.29) is 87.9 Å². The molecule has 0 rings (SSSR count). The van der Waals surface area contributed by atoms with Gasteiger partial charge in [-0.05, 0) is 0 Å². The standard InChI is InChI=1S/Ba.Fe.4H2O/h;;4*1H2/q2*+2;;;;/p-4. The summed E-state index contributed by atoms with van der Waals surface area (Å²) < 4.78 is 0. The minimum atomic E-state index is 0. The Bertz CT molecular complexity index is 7.51. The van der Waals surface area contributed by atoms with Crippen LogP contribution in [0, 0.1) is 0 Å². The quantitative estimate of drug-likeness (QED) is 0.514. The van der Waals surface area contributed by atoms with E-state index in [9.17, 15) is 0 Å². The SMILES string of the molecule is [Ba+2].[Fe+2].[OH-].[OH-].[OH-].[OH-]. The summed E-state index contributed by atoms with van der Waals surface area (Å²) in [6.45, 7) is 0. The molecule has 6 heavy (non-hydrogen) atoms. The van der Waals surface area contributed by atoms with Crippen LogP contribution in [0.4, 0.5) is 0 Å². The van der Waals surface area contributed by atoms with E-state index < -0.39 is 0 Å². The fourth-order valence-electron chi connectivity index (χ4n) is 0. The molecule has 0 unspecified atom stereocenters. The predicted octanol–water partition coefficient (Wildman–Crippen LogP) is -1.09. The van der Waals surface area contributed by atoms with E-state index in [2.05, 4.69) is 0 Å². The first-order chi connectivity index (χ1) is 0. The van der Waals surface area contributed by atoms with E-state index in [1.54, 1.807) is 0 Å². The monoisotopic (exact) mass is 262 g/mol. The van der Waals surface area contributed by atoms with Crippen molar-refractivity contribution in [3.05, 3.63) is 0 Å². The van der Waals surface area contributed by atoms with Gasteiger partial charge in [-0.3, -0.25) is 0 Å². The smallest absolute Gasteiger partial charge is 0.870 e. The van der Waals surface area contributed by atoms with Crippen molar-refractivity contribution < 1.29 is 39.0 Å². The normalized spacial score (nSPS) is 0. The fraction of sp³-hybridized carbons (Fsp3) is 0. The second-order valence-electron chi connectivity index (χ2n) is 0. The minimum absolute atomic E-state index is 0. The van der Waals surface area contributed by atoms with Crippen LogP contribution in [0.25, 0.3) is 0 Å². The number of hydrogen-bond donors (Lipinski definition) is 0. The average Bonchev–Trinajstić information content (AvgIpc) is 0.